The molecule has 3 heteroatoms. The van der Waals surface area contributed by atoms with Crippen molar-refractivity contribution in [1.29, 1.82) is 0 Å². The predicted octanol–water partition coefficient (Wildman–Crippen LogP) is 2.13. The van der Waals surface area contributed by atoms with Crippen molar-refractivity contribution in [2.75, 3.05) is 7.05 Å². The van der Waals surface area contributed by atoms with Crippen LogP contribution in [0.25, 0.3) is 0 Å². The van der Waals surface area contributed by atoms with Crippen LogP contribution < -0.4 is 5.32 Å². The monoisotopic (exact) mass is 181 g/mol. The average Bonchev–Trinajstić information content (AvgIpc) is 2.56. The molecule has 1 unspecified atom stereocenters. The van der Waals surface area contributed by atoms with Gasteiger partial charge in [0.2, 0.25) is 0 Å². The van der Waals surface area contributed by atoms with Crippen molar-refractivity contribution < 1.29 is 0 Å². The van der Waals surface area contributed by atoms with Crippen LogP contribution in [0.2, 0.25) is 0 Å². The summed E-state index contributed by atoms with van der Waals surface area (Å²) in [5, 5.41) is 7.58. The Balaban J connectivity index is 2.78. The molecule has 0 aliphatic rings. The lowest BCUT2D eigenvalue weighted by Crippen LogP contribution is -2.14. The number of rotatable bonds is 4. The molecule has 0 radical (unpaired) electrons. The van der Waals surface area contributed by atoms with E-state index < -0.39 is 0 Å². The maximum absolute atomic E-state index is 4.31. The van der Waals surface area contributed by atoms with Gasteiger partial charge in [-0.3, -0.25) is 4.68 Å². The van der Waals surface area contributed by atoms with Crippen molar-refractivity contribution in [3.05, 3.63) is 18.0 Å². The molecule has 1 rings (SSSR count). The Morgan fingerprint density at radius 1 is 1.54 bits per heavy atom. The highest BCUT2D eigenvalue weighted by Crippen LogP contribution is 2.16. The summed E-state index contributed by atoms with van der Waals surface area (Å²) in [5.74, 6) is 0. The molecule has 13 heavy (non-hydrogen) atoms. The fraction of sp³-hybridized carbons (Fsp3) is 0.700. The molecule has 0 bridgehead atoms. The largest absolute Gasteiger partial charge is 0.313 e. The van der Waals surface area contributed by atoms with Crippen molar-refractivity contribution in [1.82, 2.24) is 15.1 Å². The summed E-state index contributed by atoms with van der Waals surface area (Å²) in [6, 6.07) is 0.885. The van der Waals surface area contributed by atoms with E-state index in [0.29, 0.717) is 12.1 Å². The molecule has 0 amide bonds. The highest BCUT2D eigenvalue weighted by atomic mass is 15.3. The zero-order chi connectivity index (χ0) is 9.84. The summed E-state index contributed by atoms with van der Waals surface area (Å²) in [6.45, 7) is 6.45. The van der Waals surface area contributed by atoms with E-state index in [1.165, 1.54) is 5.56 Å². The van der Waals surface area contributed by atoms with Crippen LogP contribution in [0, 0.1) is 0 Å². The smallest absolute Gasteiger partial charge is 0.0537 e. The second-order valence-corrected chi connectivity index (χ2v) is 3.60. The molecule has 0 aromatic carbocycles. The number of aromatic nitrogens is 2. The van der Waals surface area contributed by atoms with Gasteiger partial charge in [0.15, 0.2) is 0 Å². The molecule has 1 N–H and O–H groups in total. The molecule has 1 heterocycles. The Bertz CT molecular complexity index is 248. The van der Waals surface area contributed by atoms with Gasteiger partial charge in [-0.1, -0.05) is 6.92 Å². The number of hydrogen-bond acceptors (Lipinski definition) is 2. The number of hydrogen-bond donors (Lipinski definition) is 1. The molecular weight excluding hydrogens is 162 g/mol. The van der Waals surface area contributed by atoms with Crippen LogP contribution in [0.15, 0.2) is 12.4 Å². The van der Waals surface area contributed by atoms with Gasteiger partial charge in [-0.2, -0.15) is 5.10 Å². The van der Waals surface area contributed by atoms with E-state index in [1.54, 1.807) is 0 Å². The van der Waals surface area contributed by atoms with E-state index in [1.807, 2.05) is 17.9 Å². The summed E-state index contributed by atoms with van der Waals surface area (Å²) in [4.78, 5) is 0. The molecule has 0 aliphatic carbocycles. The SMILES string of the molecule is CCC(NC)c1cnn(C(C)C)c1. The van der Waals surface area contributed by atoms with E-state index in [9.17, 15) is 0 Å². The molecule has 3 nitrogen and oxygen atoms in total. The third kappa shape index (κ3) is 2.31. The molecule has 1 aromatic rings. The molecule has 0 fully saturated rings. The highest BCUT2D eigenvalue weighted by Gasteiger charge is 2.09. The zero-order valence-electron chi connectivity index (χ0n) is 8.91. The highest BCUT2D eigenvalue weighted by molar-refractivity contribution is 5.10. The Morgan fingerprint density at radius 2 is 2.23 bits per heavy atom. The Hall–Kier alpha value is -0.830. The van der Waals surface area contributed by atoms with Gasteiger partial charge >= 0.3 is 0 Å². The first-order valence-electron chi connectivity index (χ1n) is 4.90. The molecule has 0 aliphatic heterocycles. The Morgan fingerprint density at radius 3 is 2.62 bits per heavy atom. The number of nitrogens with one attached hydrogen (secondary N) is 1. The summed E-state index contributed by atoms with van der Waals surface area (Å²) in [7, 11) is 1.99. The van der Waals surface area contributed by atoms with Crippen LogP contribution in [0.5, 0.6) is 0 Å². The standard InChI is InChI=1S/C10H19N3/c1-5-10(11-4)9-6-12-13(7-9)8(2)3/h6-8,10-11H,5H2,1-4H3. The summed E-state index contributed by atoms with van der Waals surface area (Å²) in [6.07, 6.45) is 5.17. The minimum absolute atomic E-state index is 0.438. The van der Waals surface area contributed by atoms with Gasteiger partial charge in [-0.15, -0.1) is 0 Å². The van der Waals surface area contributed by atoms with Gasteiger partial charge in [0, 0.05) is 23.8 Å². The van der Waals surface area contributed by atoms with Gasteiger partial charge in [0.25, 0.3) is 0 Å². The normalized spacial score (nSPS) is 13.6. The fourth-order valence-corrected chi connectivity index (χ4v) is 1.42. The molecule has 0 spiro atoms. The van der Waals surface area contributed by atoms with Crippen molar-refractivity contribution >= 4 is 0 Å². The summed E-state index contributed by atoms with van der Waals surface area (Å²) < 4.78 is 2.00. The van der Waals surface area contributed by atoms with Crippen molar-refractivity contribution in [2.24, 2.45) is 0 Å². The maximum atomic E-state index is 4.31. The van der Waals surface area contributed by atoms with Gasteiger partial charge in [-0.05, 0) is 27.3 Å². The third-order valence-electron chi connectivity index (χ3n) is 2.31. The molecule has 1 aromatic heterocycles. The Labute approximate surface area is 80.1 Å². The molecule has 74 valence electrons. The quantitative estimate of drug-likeness (QED) is 0.771. The topological polar surface area (TPSA) is 29.9 Å². The zero-order valence-corrected chi connectivity index (χ0v) is 8.91. The van der Waals surface area contributed by atoms with Gasteiger partial charge in [-0.25, -0.2) is 0 Å². The van der Waals surface area contributed by atoms with E-state index in [4.69, 9.17) is 0 Å². The van der Waals surface area contributed by atoms with Crippen LogP contribution in [0.1, 0.15) is 44.8 Å². The van der Waals surface area contributed by atoms with E-state index in [-0.39, 0.29) is 0 Å². The average molecular weight is 181 g/mol. The lowest BCUT2D eigenvalue weighted by atomic mass is 10.1. The van der Waals surface area contributed by atoms with Crippen molar-refractivity contribution in [3.63, 3.8) is 0 Å². The van der Waals surface area contributed by atoms with Gasteiger partial charge in [0.1, 0.15) is 0 Å². The molecule has 1 atom stereocenters. The van der Waals surface area contributed by atoms with Crippen LogP contribution >= 0.6 is 0 Å². The predicted molar refractivity (Wildman–Crippen MR) is 54.7 cm³/mol. The van der Waals surface area contributed by atoms with Gasteiger partial charge in [0.05, 0.1) is 6.20 Å². The second-order valence-electron chi connectivity index (χ2n) is 3.60. The first-order valence-corrected chi connectivity index (χ1v) is 4.90. The lowest BCUT2D eigenvalue weighted by Gasteiger charge is -2.10. The minimum atomic E-state index is 0.438. The fourth-order valence-electron chi connectivity index (χ4n) is 1.42. The van der Waals surface area contributed by atoms with Crippen molar-refractivity contribution in [3.8, 4) is 0 Å². The third-order valence-corrected chi connectivity index (χ3v) is 2.31. The first kappa shape index (κ1) is 10.3. The molecular formula is C10H19N3. The summed E-state index contributed by atoms with van der Waals surface area (Å²) in [5.41, 5.74) is 1.28. The van der Waals surface area contributed by atoms with Crippen LogP contribution in [0.4, 0.5) is 0 Å². The number of nitrogens with zero attached hydrogens (tertiary/aromatic N) is 2. The van der Waals surface area contributed by atoms with Crippen LogP contribution in [0.3, 0.4) is 0 Å². The van der Waals surface area contributed by atoms with Crippen LogP contribution in [-0.4, -0.2) is 16.8 Å². The van der Waals surface area contributed by atoms with E-state index in [2.05, 4.69) is 37.4 Å². The lowest BCUT2D eigenvalue weighted by molar-refractivity contribution is 0.528. The first-order chi connectivity index (χ1) is 6.19. The van der Waals surface area contributed by atoms with Crippen molar-refractivity contribution in [2.45, 2.75) is 39.3 Å². The van der Waals surface area contributed by atoms with E-state index >= 15 is 0 Å². The Kier molecular flexibility index (Phi) is 3.48. The second kappa shape index (κ2) is 4.42. The minimum Gasteiger partial charge on any atom is -0.313 e. The summed E-state index contributed by atoms with van der Waals surface area (Å²) >= 11 is 0. The molecule has 0 saturated heterocycles. The van der Waals surface area contributed by atoms with Gasteiger partial charge < -0.3 is 5.32 Å². The molecule has 0 saturated carbocycles. The van der Waals surface area contributed by atoms with E-state index in [0.717, 1.165) is 6.42 Å². The van der Waals surface area contributed by atoms with Crippen LogP contribution in [-0.2, 0) is 0 Å². The maximum Gasteiger partial charge on any atom is 0.0537 e.